The maximum Gasteiger partial charge on any atom is 0.328 e. The Morgan fingerprint density at radius 1 is 1.47 bits per heavy atom. The van der Waals surface area contributed by atoms with Crippen LogP contribution in [0.1, 0.15) is 25.0 Å². The molecule has 3 nitrogen and oxygen atoms in total. The van der Waals surface area contributed by atoms with Crippen molar-refractivity contribution in [1.29, 1.82) is 0 Å². The van der Waals surface area contributed by atoms with E-state index in [4.69, 9.17) is 9.84 Å². The number of hydrogen-bond donors (Lipinski definition) is 1. The monoisotopic (exact) mass is 238 g/mol. The van der Waals surface area contributed by atoms with Crippen LogP contribution >= 0.6 is 0 Å². The minimum Gasteiger partial charge on any atom is -0.478 e. The Kier molecular flexibility index (Phi) is 4.84. The second kappa shape index (κ2) is 6.15. The molecule has 17 heavy (non-hydrogen) atoms. The number of carboxylic acid groups (broad SMARTS) is 1. The lowest BCUT2D eigenvalue weighted by atomic mass is 10.1. The second-order valence-electron chi connectivity index (χ2n) is 3.92. The van der Waals surface area contributed by atoms with Crippen molar-refractivity contribution in [2.75, 3.05) is 0 Å². The fourth-order valence-electron chi connectivity index (χ4n) is 1.29. The van der Waals surface area contributed by atoms with E-state index in [9.17, 15) is 9.18 Å². The number of carbonyl (C=O) groups is 1. The molecule has 0 amide bonds. The van der Waals surface area contributed by atoms with E-state index in [1.165, 1.54) is 18.2 Å². The smallest absolute Gasteiger partial charge is 0.328 e. The second-order valence-corrected chi connectivity index (χ2v) is 3.92. The lowest BCUT2D eigenvalue weighted by Gasteiger charge is -2.08. The van der Waals surface area contributed by atoms with E-state index in [1.807, 2.05) is 13.8 Å². The molecular weight excluding hydrogens is 223 g/mol. The molecule has 0 aliphatic heterocycles. The molecule has 1 N–H and O–H groups in total. The SMILES string of the molecule is CC(C)OCc1cc(F)cc(C=CC(=O)O)c1. The van der Waals surface area contributed by atoms with Crippen LogP contribution in [-0.2, 0) is 16.1 Å². The number of ether oxygens (including phenoxy) is 1. The van der Waals surface area contributed by atoms with Gasteiger partial charge in [-0.2, -0.15) is 0 Å². The lowest BCUT2D eigenvalue weighted by molar-refractivity contribution is -0.131. The molecule has 1 aromatic rings. The van der Waals surface area contributed by atoms with Crippen LogP contribution in [0.2, 0.25) is 0 Å². The van der Waals surface area contributed by atoms with E-state index in [1.54, 1.807) is 6.07 Å². The summed E-state index contributed by atoms with van der Waals surface area (Å²) < 4.78 is 18.6. The Labute approximate surface area is 99.5 Å². The minimum absolute atomic E-state index is 0.0660. The number of carboxylic acids is 1. The first-order chi connectivity index (χ1) is 7.97. The first kappa shape index (κ1) is 13.4. The molecule has 0 aliphatic carbocycles. The third-order valence-electron chi connectivity index (χ3n) is 1.98. The van der Waals surface area contributed by atoms with Crippen LogP contribution < -0.4 is 0 Å². The zero-order chi connectivity index (χ0) is 12.8. The number of hydrogen-bond acceptors (Lipinski definition) is 2. The average molecular weight is 238 g/mol. The number of halogens is 1. The first-order valence-electron chi connectivity index (χ1n) is 5.29. The van der Waals surface area contributed by atoms with Crippen LogP contribution in [0.3, 0.4) is 0 Å². The molecule has 0 aromatic heterocycles. The van der Waals surface area contributed by atoms with Gasteiger partial charge in [-0.25, -0.2) is 9.18 Å². The molecule has 1 aromatic carbocycles. The van der Waals surface area contributed by atoms with Gasteiger partial charge in [-0.15, -0.1) is 0 Å². The minimum atomic E-state index is -1.06. The summed E-state index contributed by atoms with van der Waals surface area (Å²) in [5, 5.41) is 8.48. The van der Waals surface area contributed by atoms with Gasteiger partial charge in [0.05, 0.1) is 12.7 Å². The Balaban J connectivity index is 2.82. The summed E-state index contributed by atoms with van der Waals surface area (Å²) in [5.41, 5.74) is 1.19. The van der Waals surface area contributed by atoms with E-state index in [0.29, 0.717) is 17.7 Å². The van der Waals surface area contributed by atoms with Gasteiger partial charge < -0.3 is 9.84 Å². The quantitative estimate of drug-likeness (QED) is 0.802. The Morgan fingerprint density at radius 2 is 2.18 bits per heavy atom. The highest BCUT2D eigenvalue weighted by molar-refractivity contribution is 5.85. The summed E-state index contributed by atoms with van der Waals surface area (Å²) >= 11 is 0. The molecule has 0 unspecified atom stereocenters. The molecule has 4 heteroatoms. The normalized spacial score (nSPS) is 11.3. The molecule has 0 spiro atoms. The highest BCUT2D eigenvalue weighted by atomic mass is 19.1. The third kappa shape index (κ3) is 5.26. The van der Waals surface area contributed by atoms with Crippen LogP contribution in [0.5, 0.6) is 0 Å². The largest absolute Gasteiger partial charge is 0.478 e. The van der Waals surface area contributed by atoms with Gasteiger partial charge in [0.15, 0.2) is 0 Å². The molecule has 0 heterocycles. The van der Waals surface area contributed by atoms with Crippen LogP contribution in [-0.4, -0.2) is 17.2 Å². The van der Waals surface area contributed by atoms with E-state index in [0.717, 1.165) is 6.08 Å². The Hall–Kier alpha value is -1.68. The summed E-state index contributed by atoms with van der Waals surface area (Å²) in [6.07, 6.45) is 2.39. The molecule has 0 saturated heterocycles. The van der Waals surface area contributed by atoms with Gasteiger partial charge in [0.1, 0.15) is 5.82 Å². The van der Waals surface area contributed by atoms with Crippen molar-refractivity contribution >= 4 is 12.0 Å². The number of rotatable bonds is 5. The highest BCUT2D eigenvalue weighted by Gasteiger charge is 2.01. The van der Waals surface area contributed by atoms with Gasteiger partial charge in [0, 0.05) is 6.08 Å². The van der Waals surface area contributed by atoms with E-state index in [-0.39, 0.29) is 6.10 Å². The number of benzene rings is 1. The predicted molar refractivity (Wildman–Crippen MR) is 63.0 cm³/mol. The van der Waals surface area contributed by atoms with Gasteiger partial charge >= 0.3 is 5.97 Å². The lowest BCUT2D eigenvalue weighted by Crippen LogP contribution is -2.02. The molecular formula is C13H15FO3. The molecule has 0 aliphatic rings. The van der Waals surface area contributed by atoms with Crippen molar-refractivity contribution in [3.8, 4) is 0 Å². The van der Waals surface area contributed by atoms with Crippen LogP contribution in [0.4, 0.5) is 4.39 Å². The summed E-state index contributed by atoms with van der Waals surface area (Å²) in [6.45, 7) is 4.10. The van der Waals surface area contributed by atoms with E-state index < -0.39 is 11.8 Å². The highest BCUT2D eigenvalue weighted by Crippen LogP contribution is 2.12. The molecule has 1 rings (SSSR count). The predicted octanol–water partition coefficient (Wildman–Crippen LogP) is 2.85. The Bertz CT molecular complexity index is 425. The molecule has 0 radical (unpaired) electrons. The van der Waals surface area contributed by atoms with Crippen LogP contribution in [0.15, 0.2) is 24.3 Å². The van der Waals surface area contributed by atoms with Crippen molar-refractivity contribution in [3.05, 3.63) is 41.2 Å². The van der Waals surface area contributed by atoms with Crippen LogP contribution in [0.25, 0.3) is 6.08 Å². The van der Waals surface area contributed by atoms with Crippen molar-refractivity contribution < 1.29 is 19.0 Å². The van der Waals surface area contributed by atoms with Crippen molar-refractivity contribution in [1.82, 2.24) is 0 Å². The third-order valence-corrected chi connectivity index (χ3v) is 1.98. The standard InChI is InChI=1S/C13H15FO3/c1-9(2)17-8-11-5-10(3-4-13(15)16)6-12(14)7-11/h3-7,9H,8H2,1-2H3,(H,15,16). The summed E-state index contributed by atoms with van der Waals surface area (Å²) in [4.78, 5) is 10.4. The van der Waals surface area contributed by atoms with Crippen LogP contribution in [0, 0.1) is 5.82 Å². The number of aliphatic carboxylic acids is 1. The topological polar surface area (TPSA) is 46.5 Å². The molecule has 0 fully saturated rings. The summed E-state index contributed by atoms with van der Waals surface area (Å²) in [7, 11) is 0. The summed E-state index contributed by atoms with van der Waals surface area (Å²) in [6, 6.07) is 4.35. The van der Waals surface area contributed by atoms with Gasteiger partial charge in [-0.1, -0.05) is 0 Å². The van der Waals surface area contributed by atoms with E-state index >= 15 is 0 Å². The first-order valence-corrected chi connectivity index (χ1v) is 5.29. The van der Waals surface area contributed by atoms with Crippen molar-refractivity contribution in [2.45, 2.75) is 26.6 Å². The molecule has 0 atom stereocenters. The molecule has 0 bridgehead atoms. The van der Waals surface area contributed by atoms with Crippen molar-refractivity contribution in [2.24, 2.45) is 0 Å². The fourth-order valence-corrected chi connectivity index (χ4v) is 1.29. The van der Waals surface area contributed by atoms with Gasteiger partial charge in [-0.3, -0.25) is 0 Å². The molecule has 92 valence electrons. The zero-order valence-electron chi connectivity index (χ0n) is 9.81. The average Bonchev–Trinajstić information content (AvgIpc) is 2.23. The summed E-state index contributed by atoms with van der Waals surface area (Å²) in [5.74, 6) is -1.46. The van der Waals surface area contributed by atoms with Gasteiger partial charge in [0.2, 0.25) is 0 Å². The maximum absolute atomic E-state index is 13.2. The van der Waals surface area contributed by atoms with Gasteiger partial charge in [-0.05, 0) is 49.2 Å². The fraction of sp³-hybridized carbons (Fsp3) is 0.308. The molecule has 0 saturated carbocycles. The zero-order valence-corrected chi connectivity index (χ0v) is 9.81. The Morgan fingerprint density at radius 3 is 2.76 bits per heavy atom. The van der Waals surface area contributed by atoms with E-state index in [2.05, 4.69) is 0 Å². The van der Waals surface area contributed by atoms with Crippen molar-refractivity contribution in [3.63, 3.8) is 0 Å². The maximum atomic E-state index is 13.2. The van der Waals surface area contributed by atoms with Gasteiger partial charge in [0.25, 0.3) is 0 Å².